The van der Waals surface area contributed by atoms with Crippen molar-refractivity contribution in [3.8, 4) is 0 Å². The summed E-state index contributed by atoms with van der Waals surface area (Å²) in [5.74, 6) is -0.167. The lowest BCUT2D eigenvalue weighted by Gasteiger charge is -2.34. The van der Waals surface area contributed by atoms with Gasteiger partial charge < -0.3 is 16.5 Å². The van der Waals surface area contributed by atoms with Gasteiger partial charge in [-0.15, -0.1) is 0 Å². The molecule has 4 N–H and O–H groups in total. The quantitative estimate of drug-likeness (QED) is 0.465. The van der Waals surface area contributed by atoms with Crippen LogP contribution in [0.3, 0.4) is 0 Å². The minimum absolute atomic E-state index is 0.109. The first-order valence-electron chi connectivity index (χ1n) is 9.36. The molecular formula is C24H26FN3. The molecule has 0 fully saturated rings. The summed E-state index contributed by atoms with van der Waals surface area (Å²) in [5, 5.41) is 11.1. The van der Waals surface area contributed by atoms with E-state index in [2.05, 4.69) is 37.4 Å². The van der Waals surface area contributed by atoms with Crippen LogP contribution in [0.1, 0.15) is 36.5 Å². The van der Waals surface area contributed by atoms with Gasteiger partial charge in [-0.25, -0.2) is 4.39 Å². The fourth-order valence-corrected chi connectivity index (χ4v) is 3.54. The predicted octanol–water partition coefficient (Wildman–Crippen LogP) is 5.68. The topological polar surface area (TPSA) is 61.9 Å². The summed E-state index contributed by atoms with van der Waals surface area (Å²) < 4.78 is 13.1. The minimum Gasteiger partial charge on any atom is -0.355 e. The highest BCUT2D eigenvalue weighted by atomic mass is 19.1. The summed E-state index contributed by atoms with van der Waals surface area (Å²) in [6, 6.07) is 22.6. The number of hydrogen-bond acceptors (Lipinski definition) is 3. The Balaban J connectivity index is 2.00. The second kappa shape index (κ2) is 8.36. The van der Waals surface area contributed by atoms with Gasteiger partial charge in [-0.1, -0.05) is 50.2 Å². The number of anilines is 2. The van der Waals surface area contributed by atoms with Gasteiger partial charge in [-0.2, -0.15) is 0 Å². The predicted molar refractivity (Wildman–Crippen MR) is 115 cm³/mol. The Labute approximate surface area is 165 Å². The third-order valence-electron chi connectivity index (χ3n) is 5.13. The SMILES string of the molecule is CC(C)(CN)[C@@H](c1ccccc1)c1ccc(Nc2ccc(F)cc2)c(C=N)c1. The van der Waals surface area contributed by atoms with Crippen molar-refractivity contribution in [3.05, 3.63) is 95.3 Å². The standard InChI is InChI=1S/C24H26FN3/c1-24(2,16-27)23(17-6-4-3-5-7-17)18-8-13-22(19(14-18)15-26)28-21-11-9-20(25)10-12-21/h3-15,23,26,28H,16,27H2,1-2H3/t23-/m0/s1. The van der Waals surface area contributed by atoms with Crippen LogP contribution >= 0.6 is 0 Å². The Hall–Kier alpha value is -2.98. The van der Waals surface area contributed by atoms with Gasteiger partial charge in [0.25, 0.3) is 0 Å². The maximum absolute atomic E-state index is 13.1. The summed E-state index contributed by atoms with van der Waals surface area (Å²) in [7, 11) is 0. The fourth-order valence-electron chi connectivity index (χ4n) is 3.54. The number of nitrogens with one attached hydrogen (secondary N) is 2. The van der Waals surface area contributed by atoms with Crippen LogP contribution in [0.4, 0.5) is 15.8 Å². The average Bonchev–Trinajstić information content (AvgIpc) is 2.71. The van der Waals surface area contributed by atoms with Crippen LogP contribution in [0, 0.1) is 16.6 Å². The fraction of sp³-hybridized carbons (Fsp3) is 0.208. The lowest BCUT2D eigenvalue weighted by atomic mass is 9.71. The zero-order valence-electron chi connectivity index (χ0n) is 16.2. The second-order valence-electron chi connectivity index (χ2n) is 7.66. The van der Waals surface area contributed by atoms with Crippen LogP contribution in [0.15, 0.2) is 72.8 Å². The van der Waals surface area contributed by atoms with Gasteiger partial charge in [0, 0.05) is 29.1 Å². The van der Waals surface area contributed by atoms with Gasteiger partial charge in [-0.3, -0.25) is 0 Å². The van der Waals surface area contributed by atoms with E-state index < -0.39 is 0 Å². The molecule has 3 aromatic rings. The zero-order chi connectivity index (χ0) is 20.1. The van der Waals surface area contributed by atoms with Crippen molar-refractivity contribution in [3.63, 3.8) is 0 Å². The molecule has 28 heavy (non-hydrogen) atoms. The van der Waals surface area contributed by atoms with Crippen LogP contribution in [0.25, 0.3) is 0 Å². The maximum atomic E-state index is 13.1. The van der Waals surface area contributed by atoms with E-state index >= 15 is 0 Å². The summed E-state index contributed by atoms with van der Waals surface area (Å²) in [4.78, 5) is 0. The van der Waals surface area contributed by atoms with E-state index in [0.29, 0.717) is 6.54 Å². The van der Waals surface area contributed by atoms with Crippen molar-refractivity contribution in [2.45, 2.75) is 19.8 Å². The lowest BCUT2D eigenvalue weighted by molar-refractivity contribution is 0.330. The molecular weight excluding hydrogens is 349 g/mol. The molecule has 0 saturated carbocycles. The summed E-state index contributed by atoms with van der Waals surface area (Å²) in [6.45, 7) is 4.88. The van der Waals surface area contributed by atoms with Gasteiger partial charge in [0.1, 0.15) is 5.82 Å². The number of hydrogen-bond donors (Lipinski definition) is 3. The van der Waals surface area contributed by atoms with Crippen LogP contribution < -0.4 is 11.1 Å². The van der Waals surface area contributed by atoms with E-state index in [1.54, 1.807) is 12.1 Å². The Morgan fingerprint density at radius 2 is 1.68 bits per heavy atom. The highest BCUT2D eigenvalue weighted by Crippen LogP contribution is 2.41. The molecule has 0 amide bonds. The molecule has 0 aliphatic heterocycles. The third-order valence-corrected chi connectivity index (χ3v) is 5.13. The average molecular weight is 375 g/mol. The highest BCUT2D eigenvalue weighted by molar-refractivity contribution is 5.87. The normalized spacial score (nSPS) is 12.4. The maximum Gasteiger partial charge on any atom is 0.123 e. The number of nitrogens with two attached hydrogens (primary N) is 1. The Morgan fingerprint density at radius 1 is 1.00 bits per heavy atom. The van der Waals surface area contributed by atoms with Crippen molar-refractivity contribution >= 4 is 17.6 Å². The van der Waals surface area contributed by atoms with E-state index in [9.17, 15) is 4.39 Å². The minimum atomic E-state index is -0.275. The summed E-state index contributed by atoms with van der Waals surface area (Å²) in [6.07, 6.45) is 1.34. The first-order chi connectivity index (χ1) is 13.4. The Bertz CT molecular complexity index is 934. The molecule has 3 nitrogen and oxygen atoms in total. The monoisotopic (exact) mass is 375 g/mol. The van der Waals surface area contributed by atoms with Gasteiger partial charge in [0.05, 0.1) is 0 Å². The lowest BCUT2D eigenvalue weighted by Crippen LogP contribution is -2.31. The van der Waals surface area contributed by atoms with E-state index in [1.807, 2.05) is 30.3 Å². The largest absolute Gasteiger partial charge is 0.355 e. The van der Waals surface area contributed by atoms with Gasteiger partial charge in [-0.05, 0) is 59.5 Å². The molecule has 0 unspecified atom stereocenters. The second-order valence-corrected chi connectivity index (χ2v) is 7.66. The zero-order valence-corrected chi connectivity index (χ0v) is 16.2. The number of halogens is 1. The molecule has 0 bridgehead atoms. The van der Waals surface area contributed by atoms with Crippen LogP contribution in [0.5, 0.6) is 0 Å². The number of rotatable bonds is 7. The molecule has 0 aliphatic carbocycles. The van der Waals surface area contributed by atoms with E-state index in [-0.39, 0.29) is 17.2 Å². The van der Waals surface area contributed by atoms with E-state index in [4.69, 9.17) is 11.1 Å². The van der Waals surface area contributed by atoms with Crippen molar-refractivity contribution in [1.29, 1.82) is 5.41 Å². The van der Waals surface area contributed by atoms with Gasteiger partial charge in [0.2, 0.25) is 0 Å². The smallest absolute Gasteiger partial charge is 0.123 e. The molecule has 0 spiro atoms. The molecule has 0 saturated heterocycles. The van der Waals surface area contributed by atoms with Gasteiger partial charge >= 0.3 is 0 Å². The van der Waals surface area contributed by atoms with Crippen LogP contribution in [0.2, 0.25) is 0 Å². The highest BCUT2D eigenvalue weighted by Gasteiger charge is 2.31. The van der Waals surface area contributed by atoms with Gasteiger partial charge in [0.15, 0.2) is 0 Å². The van der Waals surface area contributed by atoms with Crippen LogP contribution in [-0.4, -0.2) is 12.8 Å². The van der Waals surface area contributed by atoms with Crippen molar-refractivity contribution in [2.75, 3.05) is 11.9 Å². The Morgan fingerprint density at radius 3 is 2.29 bits per heavy atom. The first kappa shape index (κ1) is 19.8. The molecule has 3 aromatic carbocycles. The molecule has 0 aliphatic rings. The molecule has 0 radical (unpaired) electrons. The van der Waals surface area contributed by atoms with E-state index in [1.165, 1.54) is 23.9 Å². The summed E-state index contributed by atoms with van der Waals surface area (Å²) >= 11 is 0. The molecule has 0 aromatic heterocycles. The van der Waals surface area contributed by atoms with Crippen LogP contribution in [-0.2, 0) is 0 Å². The third kappa shape index (κ3) is 4.29. The first-order valence-corrected chi connectivity index (χ1v) is 9.36. The van der Waals surface area contributed by atoms with E-state index in [0.717, 1.165) is 22.5 Å². The summed E-state index contributed by atoms with van der Waals surface area (Å²) in [5.41, 5.74) is 10.6. The van der Waals surface area contributed by atoms with Crippen molar-refractivity contribution in [2.24, 2.45) is 11.1 Å². The molecule has 144 valence electrons. The van der Waals surface area contributed by atoms with Crippen molar-refractivity contribution in [1.82, 2.24) is 0 Å². The number of benzene rings is 3. The molecule has 1 atom stereocenters. The Kier molecular flexibility index (Phi) is 5.90. The molecule has 3 rings (SSSR count). The molecule has 0 heterocycles. The van der Waals surface area contributed by atoms with Crippen molar-refractivity contribution < 1.29 is 4.39 Å². The molecule has 4 heteroatoms.